The lowest BCUT2D eigenvalue weighted by atomic mass is 9.91. The van der Waals surface area contributed by atoms with Gasteiger partial charge in [0.15, 0.2) is 6.61 Å². The Hall–Kier alpha value is -2.62. The van der Waals surface area contributed by atoms with E-state index in [9.17, 15) is 9.59 Å². The molecule has 1 N–H and O–H groups in total. The molecule has 4 nitrogen and oxygen atoms in total. The van der Waals surface area contributed by atoms with Crippen molar-refractivity contribution in [3.8, 4) is 0 Å². The molecule has 0 heterocycles. The van der Waals surface area contributed by atoms with Gasteiger partial charge in [0.25, 0.3) is 5.91 Å². The minimum Gasteiger partial charge on any atom is -0.455 e. The molecular weight excluding hydrogens is 302 g/mol. The molecule has 2 aromatic rings. The lowest BCUT2D eigenvalue weighted by Crippen LogP contribution is -2.36. The molecule has 0 saturated carbocycles. The van der Waals surface area contributed by atoms with Gasteiger partial charge in [0.1, 0.15) is 5.92 Å². The summed E-state index contributed by atoms with van der Waals surface area (Å²) < 4.78 is 5.27. The van der Waals surface area contributed by atoms with Gasteiger partial charge in [-0.1, -0.05) is 67.6 Å². The average molecular weight is 325 g/mol. The summed E-state index contributed by atoms with van der Waals surface area (Å²) >= 11 is 0. The van der Waals surface area contributed by atoms with Crippen LogP contribution in [0.25, 0.3) is 0 Å². The molecule has 0 aliphatic rings. The molecule has 0 aliphatic carbocycles. The molecule has 126 valence electrons. The third-order valence-electron chi connectivity index (χ3n) is 3.87. The number of rotatable bonds is 7. The number of hydrogen-bond acceptors (Lipinski definition) is 3. The maximum atomic E-state index is 12.6. The lowest BCUT2D eigenvalue weighted by Gasteiger charge is -2.17. The van der Waals surface area contributed by atoms with Crippen molar-refractivity contribution < 1.29 is 14.3 Å². The van der Waals surface area contributed by atoms with Crippen molar-refractivity contribution in [1.82, 2.24) is 5.32 Å². The van der Waals surface area contributed by atoms with Crippen LogP contribution in [0.4, 0.5) is 0 Å². The summed E-state index contributed by atoms with van der Waals surface area (Å²) in [5, 5.41) is 2.79. The van der Waals surface area contributed by atoms with Crippen LogP contribution in [0.2, 0.25) is 0 Å². The number of hydrogen-bond donors (Lipinski definition) is 1. The molecule has 0 aliphatic heterocycles. The van der Waals surface area contributed by atoms with E-state index in [1.807, 2.05) is 74.5 Å². The van der Waals surface area contributed by atoms with Crippen molar-refractivity contribution in [3.05, 3.63) is 71.8 Å². The molecule has 1 amide bonds. The first-order chi connectivity index (χ1) is 11.6. The Balaban J connectivity index is 2.10. The van der Waals surface area contributed by atoms with Gasteiger partial charge in [0.2, 0.25) is 0 Å². The summed E-state index contributed by atoms with van der Waals surface area (Å²) in [5.41, 5.74) is 1.69. The van der Waals surface area contributed by atoms with Crippen molar-refractivity contribution in [1.29, 1.82) is 0 Å². The van der Waals surface area contributed by atoms with Crippen LogP contribution in [-0.4, -0.2) is 24.5 Å². The molecule has 4 heteroatoms. The normalized spacial score (nSPS) is 11.8. The Kier molecular flexibility index (Phi) is 6.55. The summed E-state index contributed by atoms with van der Waals surface area (Å²) in [4.78, 5) is 24.4. The molecule has 24 heavy (non-hydrogen) atoms. The largest absolute Gasteiger partial charge is 0.455 e. The molecule has 2 rings (SSSR count). The first-order valence-corrected chi connectivity index (χ1v) is 8.17. The predicted molar refractivity (Wildman–Crippen MR) is 93.6 cm³/mol. The van der Waals surface area contributed by atoms with E-state index < -0.39 is 11.9 Å². The van der Waals surface area contributed by atoms with Crippen LogP contribution in [-0.2, 0) is 14.3 Å². The average Bonchev–Trinajstić information content (AvgIpc) is 2.62. The van der Waals surface area contributed by atoms with Crippen molar-refractivity contribution in [2.45, 2.75) is 32.2 Å². The van der Waals surface area contributed by atoms with E-state index in [1.165, 1.54) is 0 Å². The number of carbonyl (C=O) groups is 2. The van der Waals surface area contributed by atoms with Gasteiger partial charge in [-0.2, -0.15) is 0 Å². The molecule has 0 fully saturated rings. The smallest absolute Gasteiger partial charge is 0.318 e. The number of ether oxygens (including phenoxy) is 1. The zero-order valence-corrected chi connectivity index (χ0v) is 14.1. The van der Waals surface area contributed by atoms with Gasteiger partial charge >= 0.3 is 5.97 Å². The van der Waals surface area contributed by atoms with Gasteiger partial charge in [-0.05, 0) is 24.5 Å². The second-order valence-corrected chi connectivity index (χ2v) is 5.74. The maximum Gasteiger partial charge on any atom is 0.318 e. The fourth-order valence-electron chi connectivity index (χ4n) is 2.39. The zero-order chi connectivity index (χ0) is 17.4. The highest BCUT2D eigenvalue weighted by Crippen LogP contribution is 2.25. The van der Waals surface area contributed by atoms with Crippen LogP contribution in [0.3, 0.4) is 0 Å². The minimum absolute atomic E-state index is 0.0650. The number of amides is 1. The number of nitrogens with one attached hydrogen (secondary N) is 1. The van der Waals surface area contributed by atoms with Crippen molar-refractivity contribution in [2.24, 2.45) is 0 Å². The monoisotopic (exact) mass is 325 g/mol. The number of esters is 1. The van der Waals surface area contributed by atoms with E-state index in [1.54, 1.807) is 0 Å². The van der Waals surface area contributed by atoms with Gasteiger partial charge < -0.3 is 10.1 Å². The van der Waals surface area contributed by atoms with E-state index in [0.717, 1.165) is 17.5 Å². The molecule has 2 aromatic carbocycles. The summed E-state index contributed by atoms with van der Waals surface area (Å²) in [7, 11) is 0. The van der Waals surface area contributed by atoms with E-state index in [4.69, 9.17) is 4.74 Å². The number of benzene rings is 2. The molecule has 0 radical (unpaired) electrons. The van der Waals surface area contributed by atoms with E-state index in [0.29, 0.717) is 0 Å². The third-order valence-corrected chi connectivity index (χ3v) is 3.87. The molecule has 0 spiro atoms. The summed E-state index contributed by atoms with van der Waals surface area (Å²) in [6.45, 7) is 3.63. The van der Waals surface area contributed by atoms with Crippen LogP contribution in [0.1, 0.15) is 37.3 Å². The van der Waals surface area contributed by atoms with Crippen molar-refractivity contribution in [3.63, 3.8) is 0 Å². The topological polar surface area (TPSA) is 55.4 Å². The zero-order valence-electron chi connectivity index (χ0n) is 14.1. The minimum atomic E-state index is -0.538. The van der Waals surface area contributed by atoms with E-state index in [2.05, 4.69) is 5.32 Å². The Bertz CT molecular complexity index is 616. The summed E-state index contributed by atoms with van der Waals surface area (Å²) in [6.07, 6.45) is 0.830. The van der Waals surface area contributed by atoms with E-state index >= 15 is 0 Å². The maximum absolute atomic E-state index is 12.6. The Labute approximate surface area is 142 Å². The fourth-order valence-corrected chi connectivity index (χ4v) is 2.39. The van der Waals surface area contributed by atoms with Crippen LogP contribution in [0.15, 0.2) is 60.7 Å². The van der Waals surface area contributed by atoms with Crippen LogP contribution in [0, 0.1) is 0 Å². The van der Waals surface area contributed by atoms with Crippen LogP contribution < -0.4 is 5.32 Å². The van der Waals surface area contributed by atoms with Gasteiger partial charge in [-0.25, -0.2) is 0 Å². The standard InChI is InChI=1S/C20H23NO3/c1-3-15(2)21-18(22)14-24-20(23)19(16-10-6-4-7-11-16)17-12-8-5-9-13-17/h4-13,15,19H,3,14H2,1-2H3,(H,21,22)/t15-/m1/s1. The van der Waals surface area contributed by atoms with Gasteiger partial charge in [0.05, 0.1) is 0 Å². The highest BCUT2D eigenvalue weighted by atomic mass is 16.5. The lowest BCUT2D eigenvalue weighted by molar-refractivity contribution is -0.149. The van der Waals surface area contributed by atoms with Gasteiger partial charge in [-0.3, -0.25) is 9.59 Å². The molecule has 0 bridgehead atoms. The second kappa shape index (κ2) is 8.87. The second-order valence-electron chi connectivity index (χ2n) is 5.74. The molecule has 0 saturated heterocycles. The van der Waals surface area contributed by atoms with Gasteiger partial charge in [-0.15, -0.1) is 0 Å². The molecule has 0 aromatic heterocycles. The van der Waals surface area contributed by atoms with Crippen molar-refractivity contribution in [2.75, 3.05) is 6.61 Å². The first kappa shape index (κ1) is 17.7. The highest BCUT2D eigenvalue weighted by Gasteiger charge is 2.24. The van der Waals surface area contributed by atoms with Crippen LogP contribution >= 0.6 is 0 Å². The molecular formula is C20H23NO3. The predicted octanol–water partition coefficient (Wildman–Crippen LogP) is 3.28. The van der Waals surface area contributed by atoms with Crippen LogP contribution in [0.5, 0.6) is 0 Å². The SMILES string of the molecule is CC[C@@H](C)NC(=O)COC(=O)C(c1ccccc1)c1ccccc1. The Morgan fingerprint density at radius 2 is 1.46 bits per heavy atom. The highest BCUT2D eigenvalue weighted by molar-refractivity contribution is 5.85. The van der Waals surface area contributed by atoms with E-state index in [-0.39, 0.29) is 18.6 Å². The summed E-state index contributed by atoms with van der Waals surface area (Å²) in [5.74, 6) is -1.24. The first-order valence-electron chi connectivity index (χ1n) is 8.17. The quantitative estimate of drug-likeness (QED) is 0.795. The summed E-state index contributed by atoms with van der Waals surface area (Å²) in [6, 6.07) is 18.9. The van der Waals surface area contributed by atoms with Gasteiger partial charge in [0, 0.05) is 6.04 Å². The molecule has 0 unspecified atom stereocenters. The fraction of sp³-hybridized carbons (Fsp3) is 0.300. The van der Waals surface area contributed by atoms with Crippen molar-refractivity contribution >= 4 is 11.9 Å². The Morgan fingerprint density at radius 1 is 0.958 bits per heavy atom. The number of carbonyl (C=O) groups excluding carboxylic acids is 2. The third kappa shape index (κ3) is 4.95. The Morgan fingerprint density at radius 3 is 1.92 bits per heavy atom. The molecule has 1 atom stereocenters.